The number of benzene rings is 2. The molecule has 26 heavy (non-hydrogen) atoms. The molecule has 0 bridgehead atoms. The molecule has 2 amide bonds. The second-order valence-electron chi connectivity index (χ2n) is 6.30. The topological polar surface area (TPSA) is 70.2 Å². The van der Waals surface area contributed by atoms with Gasteiger partial charge in [0.15, 0.2) is 0 Å². The Morgan fingerprint density at radius 2 is 1.88 bits per heavy atom. The smallest absolute Gasteiger partial charge is 0.226 e. The molecule has 1 aliphatic rings. The second kappa shape index (κ2) is 8.58. The van der Waals surface area contributed by atoms with Crippen molar-refractivity contribution in [2.75, 3.05) is 18.4 Å². The number of halogens is 1. The Balaban J connectivity index is 1.46. The summed E-state index contributed by atoms with van der Waals surface area (Å²) in [4.78, 5) is 23.9. The molecule has 3 N–H and O–H groups in total. The first kappa shape index (κ1) is 18.1. The average molecular weight is 355 g/mol. The van der Waals surface area contributed by atoms with Gasteiger partial charge in [-0.15, -0.1) is 0 Å². The molecule has 0 spiro atoms. The highest BCUT2D eigenvalue weighted by Crippen LogP contribution is 2.24. The summed E-state index contributed by atoms with van der Waals surface area (Å²) in [5, 5.41) is 8.50. The molecule has 0 aliphatic carbocycles. The molecule has 0 radical (unpaired) electrons. The third-order valence-electron chi connectivity index (χ3n) is 4.36. The summed E-state index contributed by atoms with van der Waals surface area (Å²) in [7, 11) is 0. The van der Waals surface area contributed by atoms with E-state index >= 15 is 0 Å². The number of hydrogen-bond acceptors (Lipinski definition) is 3. The van der Waals surface area contributed by atoms with Crippen LogP contribution in [-0.4, -0.2) is 24.9 Å². The van der Waals surface area contributed by atoms with E-state index in [1.165, 1.54) is 0 Å². The van der Waals surface area contributed by atoms with Crippen LogP contribution in [0.1, 0.15) is 23.1 Å². The van der Waals surface area contributed by atoms with E-state index in [0.717, 1.165) is 17.7 Å². The van der Waals surface area contributed by atoms with Gasteiger partial charge in [-0.25, -0.2) is 4.39 Å². The normalized spacial score (nSPS) is 13.0. The minimum atomic E-state index is -0.356. The third-order valence-corrected chi connectivity index (χ3v) is 4.36. The predicted molar refractivity (Wildman–Crippen MR) is 98.2 cm³/mol. The van der Waals surface area contributed by atoms with Gasteiger partial charge in [-0.2, -0.15) is 0 Å². The number of fused-ring (bicyclic) bond motifs is 1. The van der Waals surface area contributed by atoms with Gasteiger partial charge in [0.05, 0.1) is 12.1 Å². The van der Waals surface area contributed by atoms with E-state index in [2.05, 4.69) is 16.0 Å². The summed E-state index contributed by atoms with van der Waals surface area (Å²) in [6, 6.07) is 12.8. The van der Waals surface area contributed by atoms with E-state index in [0.29, 0.717) is 18.5 Å². The van der Waals surface area contributed by atoms with Crippen molar-refractivity contribution in [1.29, 1.82) is 0 Å². The van der Waals surface area contributed by atoms with Gasteiger partial charge in [0.25, 0.3) is 0 Å². The molecule has 0 saturated heterocycles. The molecule has 1 aliphatic heterocycles. The second-order valence-corrected chi connectivity index (χ2v) is 6.30. The molecule has 2 aromatic carbocycles. The van der Waals surface area contributed by atoms with Crippen molar-refractivity contribution in [3.63, 3.8) is 0 Å². The fourth-order valence-electron chi connectivity index (χ4n) is 3.00. The van der Waals surface area contributed by atoms with Gasteiger partial charge in [0.1, 0.15) is 5.82 Å². The maximum Gasteiger partial charge on any atom is 0.226 e. The molecule has 0 unspecified atom stereocenters. The minimum absolute atomic E-state index is 0.0958. The molecule has 3 rings (SSSR count). The van der Waals surface area contributed by atoms with Crippen molar-refractivity contribution >= 4 is 17.5 Å². The van der Waals surface area contributed by atoms with E-state index < -0.39 is 0 Å². The van der Waals surface area contributed by atoms with Crippen LogP contribution in [0.15, 0.2) is 42.5 Å². The first-order valence-corrected chi connectivity index (χ1v) is 8.75. The van der Waals surface area contributed by atoms with Crippen molar-refractivity contribution in [1.82, 2.24) is 10.6 Å². The molecule has 0 fully saturated rings. The Hall–Kier alpha value is -2.73. The van der Waals surface area contributed by atoms with Crippen molar-refractivity contribution < 1.29 is 14.0 Å². The molecule has 1 heterocycles. The summed E-state index contributed by atoms with van der Waals surface area (Å²) in [5.74, 6) is -0.820. The molecule has 136 valence electrons. The van der Waals surface area contributed by atoms with Crippen molar-refractivity contribution in [2.24, 2.45) is 0 Å². The third kappa shape index (κ3) is 4.67. The zero-order chi connectivity index (χ0) is 18.4. The van der Waals surface area contributed by atoms with Crippen LogP contribution in [0.2, 0.25) is 0 Å². The predicted octanol–water partition coefficient (Wildman–Crippen LogP) is 2.16. The van der Waals surface area contributed by atoms with E-state index in [9.17, 15) is 14.0 Å². The average Bonchev–Trinajstić information content (AvgIpc) is 2.65. The van der Waals surface area contributed by atoms with Gasteiger partial charge in [0.2, 0.25) is 11.8 Å². The van der Waals surface area contributed by atoms with Crippen LogP contribution >= 0.6 is 0 Å². The number of anilines is 1. The van der Waals surface area contributed by atoms with Gasteiger partial charge in [-0.05, 0) is 35.7 Å². The van der Waals surface area contributed by atoms with Crippen LogP contribution in [0.4, 0.5) is 10.1 Å². The SMILES string of the molecule is O=C(Cc1ccccc1)NCCC(=O)Nc1ccc2c(c1F)CCNC2. The maximum atomic E-state index is 14.5. The standard InChI is InChI=1S/C20H22FN3O2/c21-20-16-8-10-22-13-15(16)6-7-17(20)24-18(25)9-11-23-19(26)12-14-4-2-1-3-5-14/h1-7,22H,8-13H2,(H,23,26)(H,24,25). The first-order valence-electron chi connectivity index (χ1n) is 8.75. The summed E-state index contributed by atoms with van der Waals surface area (Å²) in [6.45, 7) is 1.59. The fraction of sp³-hybridized carbons (Fsp3) is 0.300. The molecule has 5 nitrogen and oxygen atoms in total. The van der Waals surface area contributed by atoms with Crippen LogP contribution in [0, 0.1) is 5.82 Å². The Kier molecular flexibility index (Phi) is 5.96. The maximum absolute atomic E-state index is 14.5. The molecular formula is C20H22FN3O2. The Morgan fingerprint density at radius 3 is 2.69 bits per heavy atom. The lowest BCUT2D eigenvalue weighted by atomic mass is 9.99. The quantitative estimate of drug-likeness (QED) is 0.744. The largest absolute Gasteiger partial charge is 0.355 e. The number of hydrogen-bond donors (Lipinski definition) is 3. The molecule has 2 aromatic rings. The van der Waals surface area contributed by atoms with Crippen LogP contribution in [-0.2, 0) is 29.0 Å². The molecule has 0 atom stereocenters. The number of carbonyl (C=O) groups excluding carboxylic acids is 2. The summed E-state index contributed by atoms with van der Waals surface area (Å²) < 4.78 is 14.5. The van der Waals surface area contributed by atoms with Crippen molar-refractivity contribution in [3.05, 3.63) is 65.0 Å². The Labute approximate surface area is 152 Å². The van der Waals surface area contributed by atoms with E-state index in [1.54, 1.807) is 6.07 Å². The van der Waals surface area contributed by atoms with Crippen molar-refractivity contribution in [2.45, 2.75) is 25.8 Å². The van der Waals surface area contributed by atoms with E-state index in [-0.39, 0.29) is 42.7 Å². The highest BCUT2D eigenvalue weighted by molar-refractivity contribution is 5.91. The van der Waals surface area contributed by atoms with E-state index in [1.807, 2.05) is 36.4 Å². The number of rotatable bonds is 6. The Morgan fingerprint density at radius 1 is 1.08 bits per heavy atom. The van der Waals surface area contributed by atoms with Gasteiger partial charge in [-0.3, -0.25) is 9.59 Å². The van der Waals surface area contributed by atoms with Crippen LogP contribution < -0.4 is 16.0 Å². The molecular weight excluding hydrogens is 333 g/mol. The number of amides is 2. The monoisotopic (exact) mass is 355 g/mol. The summed E-state index contributed by atoms with van der Waals surface area (Å²) >= 11 is 0. The highest BCUT2D eigenvalue weighted by atomic mass is 19.1. The lowest BCUT2D eigenvalue weighted by Crippen LogP contribution is -2.29. The van der Waals surface area contributed by atoms with Crippen LogP contribution in [0.3, 0.4) is 0 Å². The van der Waals surface area contributed by atoms with Gasteiger partial charge in [-0.1, -0.05) is 36.4 Å². The number of nitrogens with one attached hydrogen (secondary N) is 3. The fourth-order valence-corrected chi connectivity index (χ4v) is 3.00. The molecule has 0 aromatic heterocycles. The van der Waals surface area contributed by atoms with Gasteiger partial charge in [0, 0.05) is 19.5 Å². The molecule has 0 saturated carbocycles. The van der Waals surface area contributed by atoms with E-state index in [4.69, 9.17) is 0 Å². The van der Waals surface area contributed by atoms with Crippen molar-refractivity contribution in [3.8, 4) is 0 Å². The number of carbonyl (C=O) groups is 2. The van der Waals surface area contributed by atoms with Crippen LogP contribution in [0.5, 0.6) is 0 Å². The first-order chi connectivity index (χ1) is 12.6. The zero-order valence-corrected chi connectivity index (χ0v) is 14.5. The van der Waals surface area contributed by atoms with Gasteiger partial charge >= 0.3 is 0 Å². The summed E-state index contributed by atoms with van der Waals surface area (Å²) in [6.07, 6.45) is 0.981. The summed E-state index contributed by atoms with van der Waals surface area (Å²) in [5.41, 5.74) is 2.71. The van der Waals surface area contributed by atoms with Gasteiger partial charge < -0.3 is 16.0 Å². The Bertz CT molecular complexity index is 793. The zero-order valence-electron chi connectivity index (χ0n) is 14.5. The highest BCUT2D eigenvalue weighted by Gasteiger charge is 2.17. The lowest BCUT2D eigenvalue weighted by Gasteiger charge is -2.19. The van der Waals surface area contributed by atoms with Crippen LogP contribution in [0.25, 0.3) is 0 Å². The lowest BCUT2D eigenvalue weighted by molar-refractivity contribution is -0.120. The molecule has 6 heteroatoms. The minimum Gasteiger partial charge on any atom is -0.355 e.